The van der Waals surface area contributed by atoms with Crippen LogP contribution in [0.3, 0.4) is 0 Å². The molecule has 0 fully saturated rings. The molecule has 16 heavy (non-hydrogen) atoms. The Hall–Kier alpha value is -0.850. The first-order valence-corrected chi connectivity index (χ1v) is 6.25. The van der Waals surface area contributed by atoms with Gasteiger partial charge in [-0.3, -0.25) is 4.98 Å². The minimum atomic E-state index is 0.380. The van der Waals surface area contributed by atoms with Gasteiger partial charge in [-0.15, -0.1) is 0 Å². The average molecular weight is 219 g/mol. The highest BCUT2D eigenvalue weighted by Gasteiger charge is 2.25. The number of nitrogens with zero attached hydrogens (tertiary/aromatic N) is 1. The van der Waals surface area contributed by atoms with Crippen molar-refractivity contribution in [2.75, 3.05) is 0 Å². The molecule has 1 atom stereocenters. The molecule has 0 aliphatic carbocycles. The van der Waals surface area contributed by atoms with Gasteiger partial charge in [-0.2, -0.15) is 0 Å². The third-order valence-electron chi connectivity index (χ3n) is 3.84. The Morgan fingerprint density at radius 1 is 1.25 bits per heavy atom. The van der Waals surface area contributed by atoms with E-state index in [0.717, 1.165) is 0 Å². The van der Waals surface area contributed by atoms with Crippen LogP contribution in [0.25, 0.3) is 0 Å². The van der Waals surface area contributed by atoms with Crippen molar-refractivity contribution < 1.29 is 0 Å². The van der Waals surface area contributed by atoms with Gasteiger partial charge in [-0.25, -0.2) is 0 Å². The van der Waals surface area contributed by atoms with Gasteiger partial charge in [0.2, 0.25) is 0 Å². The second kappa shape index (κ2) is 4.99. The molecular weight excluding hydrogens is 194 g/mol. The minimum absolute atomic E-state index is 0.380. The molecule has 1 aromatic rings. The Bertz CT molecular complexity index is 339. The van der Waals surface area contributed by atoms with Gasteiger partial charge in [-0.05, 0) is 48.3 Å². The lowest BCUT2D eigenvalue weighted by Crippen LogP contribution is -2.21. The molecule has 0 spiro atoms. The largest absolute Gasteiger partial charge is 0.261 e. The topological polar surface area (TPSA) is 12.9 Å². The fourth-order valence-electron chi connectivity index (χ4n) is 1.96. The zero-order chi connectivity index (χ0) is 12.3. The van der Waals surface area contributed by atoms with Crippen LogP contribution < -0.4 is 0 Å². The summed E-state index contributed by atoms with van der Waals surface area (Å²) in [5.74, 6) is 1.25. The van der Waals surface area contributed by atoms with Crippen molar-refractivity contribution in [1.82, 2.24) is 4.98 Å². The number of rotatable bonds is 4. The van der Waals surface area contributed by atoms with Crippen LogP contribution in [0.4, 0.5) is 0 Å². The summed E-state index contributed by atoms with van der Waals surface area (Å²) in [4.78, 5) is 4.48. The van der Waals surface area contributed by atoms with Crippen molar-refractivity contribution >= 4 is 0 Å². The molecule has 1 heterocycles. The zero-order valence-corrected chi connectivity index (χ0v) is 11.5. The van der Waals surface area contributed by atoms with E-state index in [1.807, 2.05) is 6.20 Å². The summed E-state index contributed by atoms with van der Waals surface area (Å²) in [6, 6.07) is 4.27. The summed E-state index contributed by atoms with van der Waals surface area (Å²) in [5, 5.41) is 0. The molecule has 1 rings (SSSR count). The second-order valence-electron chi connectivity index (χ2n) is 6.01. The quantitative estimate of drug-likeness (QED) is 0.723. The normalized spacial score (nSPS) is 14.2. The van der Waals surface area contributed by atoms with E-state index < -0.39 is 0 Å². The zero-order valence-electron chi connectivity index (χ0n) is 11.5. The van der Waals surface area contributed by atoms with Crippen LogP contribution in [-0.4, -0.2) is 4.98 Å². The lowest BCUT2D eigenvalue weighted by molar-refractivity contribution is 0.213. The number of aromatic nitrogens is 1. The van der Waals surface area contributed by atoms with Crippen molar-refractivity contribution in [1.29, 1.82) is 0 Å². The first kappa shape index (κ1) is 13.2. The molecule has 0 aliphatic heterocycles. The van der Waals surface area contributed by atoms with Gasteiger partial charge >= 0.3 is 0 Å². The van der Waals surface area contributed by atoms with E-state index in [9.17, 15) is 0 Å². The predicted octanol–water partition coefficient (Wildman–Crippen LogP) is 4.57. The summed E-state index contributed by atoms with van der Waals surface area (Å²) in [6.45, 7) is 13.7. The monoisotopic (exact) mass is 219 g/mol. The molecule has 0 saturated heterocycles. The number of aryl methyl sites for hydroxylation is 1. The fourth-order valence-corrected chi connectivity index (χ4v) is 1.96. The Morgan fingerprint density at radius 2 is 1.88 bits per heavy atom. The number of hydrogen-bond acceptors (Lipinski definition) is 1. The Kier molecular flexibility index (Phi) is 4.12. The molecule has 0 radical (unpaired) electrons. The van der Waals surface area contributed by atoms with E-state index >= 15 is 0 Å². The van der Waals surface area contributed by atoms with Gasteiger partial charge in [0.1, 0.15) is 0 Å². The van der Waals surface area contributed by atoms with E-state index in [-0.39, 0.29) is 0 Å². The molecule has 0 amide bonds. The van der Waals surface area contributed by atoms with Gasteiger partial charge in [0.25, 0.3) is 0 Å². The highest BCUT2D eigenvalue weighted by Crippen LogP contribution is 2.36. The smallest absolute Gasteiger partial charge is 0.0434 e. The molecule has 1 nitrogen and oxygen atoms in total. The fraction of sp³-hybridized carbons (Fsp3) is 0.667. The Morgan fingerprint density at radius 3 is 2.38 bits per heavy atom. The summed E-state index contributed by atoms with van der Waals surface area (Å²) in [7, 11) is 0. The highest BCUT2D eigenvalue weighted by atomic mass is 14.7. The van der Waals surface area contributed by atoms with E-state index in [2.05, 4.69) is 58.7 Å². The van der Waals surface area contributed by atoms with E-state index in [1.165, 1.54) is 17.7 Å². The second-order valence-corrected chi connectivity index (χ2v) is 6.01. The molecule has 1 aromatic heterocycles. The van der Waals surface area contributed by atoms with E-state index in [1.54, 1.807) is 0 Å². The summed E-state index contributed by atoms with van der Waals surface area (Å²) < 4.78 is 0. The Balaban J connectivity index is 2.76. The molecule has 1 heteroatoms. The maximum atomic E-state index is 4.48. The number of hydrogen-bond donors (Lipinski definition) is 0. The molecule has 90 valence electrons. The SMILES string of the molecule is Cc1ccnc(C(C)CC(C)(C)C(C)C)c1. The van der Waals surface area contributed by atoms with Crippen molar-refractivity contribution in [3.8, 4) is 0 Å². The standard InChI is InChI=1S/C15H25N/c1-11(2)15(5,6)10-13(4)14-9-12(3)7-8-16-14/h7-9,11,13H,10H2,1-6H3. The van der Waals surface area contributed by atoms with Crippen molar-refractivity contribution in [2.24, 2.45) is 11.3 Å². The van der Waals surface area contributed by atoms with Gasteiger partial charge < -0.3 is 0 Å². The lowest BCUT2D eigenvalue weighted by Gasteiger charge is -2.32. The van der Waals surface area contributed by atoms with Crippen molar-refractivity contribution in [3.05, 3.63) is 29.6 Å². The van der Waals surface area contributed by atoms with Gasteiger partial charge in [0.05, 0.1) is 0 Å². The maximum Gasteiger partial charge on any atom is 0.0434 e. The van der Waals surface area contributed by atoms with Gasteiger partial charge in [0, 0.05) is 11.9 Å². The molecule has 0 saturated carbocycles. The van der Waals surface area contributed by atoms with Gasteiger partial charge in [-0.1, -0.05) is 34.6 Å². The van der Waals surface area contributed by atoms with Crippen LogP contribution >= 0.6 is 0 Å². The predicted molar refractivity (Wildman–Crippen MR) is 70.6 cm³/mol. The summed E-state index contributed by atoms with van der Waals surface area (Å²) in [6.07, 6.45) is 3.12. The van der Waals surface area contributed by atoms with Crippen LogP contribution in [0.2, 0.25) is 0 Å². The van der Waals surface area contributed by atoms with Crippen molar-refractivity contribution in [2.45, 2.75) is 53.9 Å². The summed E-state index contributed by atoms with van der Waals surface area (Å²) in [5.41, 5.74) is 2.91. The van der Waals surface area contributed by atoms with Crippen molar-refractivity contribution in [3.63, 3.8) is 0 Å². The molecule has 1 unspecified atom stereocenters. The van der Waals surface area contributed by atoms with Crippen LogP contribution in [0.15, 0.2) is 18.3 Å². The third-order valence-corrected chi connectivity index (χ3v) is 3.84. The first-order chi connectivity index (χ1) is 7.33. The van der Waals surface area contributed by atoms with Gasteiger partial charge in [0.15, 0.2) is 0 Å². The maximum absolute atomic E-state index is 4.48. The number of pyridine rings is 1. The average Bonchev–Trinajstić information content (AvgIpc) is 2.16. The van der Waals surface area contributed by atoms with E-state index in [4.69, 9.17) is 0 Å². The third kappa shape index (κ3) is 3.33. The molecule has 0 aromatic carbocycles. The van der Waals surface area contributed by atoms with Crippen LogP contribution in [0.5, 0.6) is 0 Å². The van der Waals surface area contributed by atoms with E-state index in [0.29, 0.717) is 17.3 Å². The molecular formula is C15H25N. The van der Waals surface area contributed by atoms with Crippen LogP contribution in [-0.2, 0) is 0 Å². The summed E-state index contributed by atoms with van der Waals surface area (Å²) >= 11 is 0. The lowest BCUT2D eigenvalue weighted by atomic mass is 9.74. The van der Waals surface area contributed by atoms with Crippen LogP contribution in [0.1, 0.15) is 58.2 Å². The Labute approximate surface area is 100 Å². The molecule has 0 bridgehead atoms. The molecule has 0 aliphatic rings. The first-order valence-electron chi connectivity index (χ1n) is 6.25. The minimum Gasteiger partial charge on any atom is -0.261 e. The highest BCUT2D eigenvalue weighted by molar-refractivity contribution is 5.17. The molecule has 0 N–H and O–H groups in total. The van der Waals surface area contributed by atoms with Crippen LogP contribution in [0, 0.1) is 18.3 Å².